The summed E-state index contributed by atoms with van der Waals surface area (Å²) in [4.78, 5) is 0. The quantitative estimate of drug-likeness (QED) is 0.449. The zero-order valence-corrected chi connectivity index (χ0v) is 17.5. The zero-order chi connectivity index (χ0) is 15.6. The summed E-state index contributed by atoms with van der Waals surface area (Å²) in [7, 11) is 0. The molecule has 2 heteroatoms. The van der Waals surface area contributed by atoms with Gasteiger partial charge in [-0.25, -0.2) is 0 Å². The van der Waals surface area contributed by atoms with Crippen molar-refractivity contribution in [2.45, 2.75) is 29.4 Å². The third-order valence-corrected chi connectivity index (χ3v) is 16.9. The summed E-state index contributed by atoms with van der Waals surface area (Å²) in [5.41, 5.74) is 9.73. The van der Waals surface area contributed by atoms with Gasteiger partial charge >= 0.3 is 144 Å². The first-order chi connectivity index (χ1) is 11.2. The van der Waals surface area contributed by atoms with Gasteiger partial charge in [-0.15, -0.1) is 12.4 Å². The van der Waals surface area contributed by atoms with E-state index in [9.17, 15) is 0 Å². The summed E-state index contributed by atoms with van der Waals surface area (Å²) in [6, 6.07) is 18.3. The molecule has 0 aromatic heterocycles. The van der Waals surface area contributed by atoms with Gasteiger partial charge in [-0.05, 0) is 0 Å². The first kappa shape index (κ1) is 16.6. The van der Waals surface area contributed by atoms with Crippen LogP contribution in [0, 0.1) is 0 Å². The topological polar surface area (TPSA) is 0 Å². The van der Waals surface area contributed by atoms with Crippen molar-refractivity contribution >= 4 is 24.6 Å². The second kappa shape index (κ2) is 5.82. The standard InChI is InChI=1S/C20H16.2CH3.ClH.Zr/c1-2-6-18-12-15(11-17(18)5-1)9-10-16-13-19-7-3-4-8-20(19)14-16;;;;/h1-8,11-14H,9-10H2;2*1H3;1H;. The van der Waals surface area contributed by atoms with Crippen LogP contribution in [0.5, 0.6) is 0 Å². The summed E-state index contributed by atoms with van der Waals surface area (Å²) in [6.07, 6.45) is 7.56. The van der Waals surface area contributed by atoms with E-state index in [-0.39, 0.29) is 12.4 Å². The molecular formula is C22H23ClZr. The summed E-state index contributed by atoms with van der Waals surface area (Å²) < 4.78 is 6.92. The number of rotatable bonds is 0. The second-order valence-corrected chi connectivity index (χ2v) is 19.7. The van der Waals surface area contributed by atoms with Gasteiger partial charge in [-0.1, -0.05) is 0 Å². The van der Waals surface area contributed by atoms with Gasteiger partial charge < -0.3 is 0 Å². The van der Waals surface area contributed by atoms with Crippen LogP contribution in [-0.4, -0.2) is 0 Å². The molecule has 0 amide bonds. The third kappa shape index (κ3) is 2.21. The molecule has 2 aromatic rings. The predicted octanol–water partition coefficient (Wildman–Crippen LogP) is 6.73. The maximum absolute atomic E-state index is 2.70. The molecule has 24 heavy (non-hydrogen) atoms. The molecule has 2 unspecified atom stereocenters. The van der Waals surface area contributed by atoms with E-state index in [1.165, 1.54) is 24.0 Å². The molecular weight excluding hydrogens is 391 g/mol. The summed E-state index contributed by atoms with van der Waals surface area (Å²) in [5.74, 6) is 0. The molecule has 2 aromatic carbocycles. The van der Waals surface area contributed by atoms with E-state index in [4.69, 9.17) is 0 Å². The van der Waals surface area contributed by atoms with Crippen molar-refractivity contribution in [3.63, 3.8) is 0 Å². The van der Waals surface area contributed by atoms with Crippen LogP contribution in [-0.2, 0) is 20.3 Å². The second-order valence-electron chi connectivity index (χ2n) is 7.88. The van der Waals surface area contributed by atoms with Crippen molar-refractivity contribution in [3.05, 3.63) is 81.9 Å². The Hall–Kier alpha value is -0.907. The SMILES string of the molecule is Cl.[CH3][Zr]1([CH3])[CH]2C(=Cc3ccccc32)CCC2=Cc3ccccc3[CH]21. The van der Waals surface area contributed by atoms with Gasteiger partial charge in [-0.3, -0.25) is 0 Å². The molecule has 5 rings (SSSR count). The van der Waals surface area contributed by atoms with Crippen LogP contribution in [0.15, 0.2) is 59.7 Å². The maximum atomic E-state index is 2.70. The molecule has 1 aliphatic heterocycles. The molecule has 1 fully saturated rings. The van der Waals surface area contributed by atoms with Gasteiger partial charge in [0.15, 0.2) is 0 Å². The normalized spacial score (nSPS) is 25.2. The van der Waals surface area contributed by atoms with E-state index >= 15 is 0 Å². The van der Waals surface area contributed by atoms with Crippen molar-refractivity contribution in [1.82, 2.24) is 0 Å². The van der Waals surface area contributed by atoms with E-state index < -0.39 is 20.3 Å². The minimum atomic E-state index is -2.44. The Morgan fingerprint density at radius 2 is 1.12 bits per heavy atom. The van der Waals surface area contributed by atoms with Gasteiger partial charge in [0, 0.05) is 0 Å². The molecule has 0 nitrogen and oxygen atoms in total. The van der Waals surface area contributed by atoms with E-state index in [0.717, 1.165) is 7.25 Å². The Bertz CT molecular complexity index is 804. The van der Waals surface area contributed by atoms with Gasteiger partial charge in [0.1, 0.15) is 0 Å². The summed E-state index contributed by atoms with van der Waals surface area (Å²) >= 11 is -2.44. The molecule has 0 saturated carbocycles. The first-order valence-electron chi connectivity index (χ1n) is 8.75. The van der Waals surface area contributed by atoms with Gasteiger partial charge in [0.25, 0.3) is 0 Å². The van der Waals surface area contributed by atoms with E-state index in [0.29, 0.717) is 0 Å². The number of hydrogen-bond acceptors (Lipinski definition) is 0. The molecule has 0 N–H and O–H groups in total. The van der Waals surface area contributed by atoms with E-state index in [1.54, 1.807) is 22.3 Å². The predicted molar refractivity (Wildman–Crippen MR) is 103 cm³/mol. The third-order valence-electron chi connectivity index (χ3n) is 6.23. The number of halogens is 1. The summed E-state index contributed by atoms with van der Waals surface area (Å²) in [6.45, 7) is 0. The van der Waals surface area contributed by atoms with Crippen molar-refractivity contribution < 1.29 is 20.3 Å². The number of hydrogen-bond donors (Lipinski definition) is 0. The van der Waals surface area contributed by atoms with E-state index in [2.05, 4.69) is 69.9 Å². The molecule has 0 bridgehead atoms. The molecule has 1 heterocycles. The minimum absolute atomic E-state index is 0. The van der Waals surface area contributed by atoms with Crippen LogP contribution in [0.1, 0.15) is 42.3 Å². The fourth-order valence-corrected chi connectivity index (χ4v) is 17.3. The first-order valence-corrected chi connectivity index (χ1v) is 16.5. The molecule has 0 radical (unpaired) electrons. The fraction of sp³-hybridized carbons (Fsp3) is 0.273. The zero-order valence-electron chi connectivity index (χ0n) is 14.3. The van der Waals surface area contributed by atoms with Crippen molar-refractivity contribution in [3.8, 4) is 0 Å². The molecule has 0 spiro atoms. The van der Waals surface area contributed by atoms with Gasteiger partial charge in [0.05, 0.1) is 0 Å². The molecule has 1 saturated heterocycles. The molecule has 2 atom stereocenters. The Morgan fingerprint density at radius 3 is 1.58 bits per heavy atom. The van der Waals surface area contributed by atoms with Crippen molar-refractivity contribution in [1.29, 1.82) is 0 Å². The Labute approximate surface area is 155 Å². The van der Waals surface area contributed by atoms with Crippen LogP contribution in [0.4, 0.5) is 0 Å². The van der Waals surface area contributed by atoms with Gasteiger partial charge in [0.2, 0.25) is 0 Å². The van der Waals surface area contributed by atoms with Crippen LogP contribution >= 0.6 is 12.4 Å². The number of allylic oxidation sites excluding steroid dienone is 2. The molecule has 122 valence electrons. The average molecular weight is 414 g/mol. The number of benzene rings is 2. The molecule has 2 aliphatic carbocycles. The van der Waals surface area contributed by atoms with Crippen molar-refractivity contribution in [2.24, 2.45) is 0 Å². The van der Waals surface area contributed by atoms with Crippen LogP contribution in [0.2, 0.25) is 9.26 Å². The Kier molecular flexibility index (Phi) is 4.02. The van der Waals surface area contributed by atoms with Crippen molar-refractivity contribution in [2.75, 3.05) is 0 Å². The fourth-order valence-electron chi connectivity index (χ4n) is 5.42. The Morgan fingerprint density at radius 1 is 0.708 bits per heavy atom. The molecule has 3 aliphatic rings. The Balaban J connectivity index is 0.00000146. The summed E-state index contributed by atoms with van der Waals surface area (Å²) in [5, 5.41) is 0. The van der Waals surface area contributed by atoms with Crippen LogP contribution < -0.4 is 0 Å². The number of fused-ring (bicyclic) bond motifs is 6. The van der Waals surface area contributed by atoms with Crippen LogP contribution in [0.3, 0.4) is 0 Å². The van der Waals surface area contributed by atoms with E-state index in [1.807, 2.05) is 0 Å². The average Bonchev–Trinajstić information content (AvgIpc) is 3.08. The monoisotopic (exact) mass is 412 g/mol. The van der Waals surface area contributed by atoms with Gasteiger partial charge in [-0.2, -0.15) is 0 Å². The van der Waals surface area contributed by atoms with Crippen LogP contribution in [0.25, 0.3) is 12.2 Å².